The molecule has 7 nitrogen and oxygen atoms in total. The van der Waals surface area contributed by atoms with Gasteiger partial charge < -0.3 is 20.5 Å². The van der Waals surface area contributed by atoms with Gasteiger partial charge in [0.15, 0.2) is 11.5 Å². The largest absolute Gasteiger partial charge is 0.493 e. The smallest absolute Gasteiger partial charge is 0.241 e. The number of hydrogen-bond acceptors (Lipinski definition) is 6. The molecule has 0 bridgehead atoms. The lowest BCUT2D eigenvalue weighted by molar-refractivity contribution is 0.352. The average molecular weight is 365 g/mol. The SMILES string of the molecule is COc1ccc([C@@H]2C[C@H](c3ccc(C)cc3)Nc3nc(N)nn32)cc1OC. The van der Waals surface area contributed by atoms with Crippen LogP contribution in [0.2, 0.25) is 0 Å². The molecule has 2 atom stereocenters. The summed E-state index contributed by atoms with van der Waals surface area (Å²) in [5.41, 5.74) is 9.39. The van der Waals surface area contributed by atoms with Crippen molar-refractivity contribution in [2.24, 2.45) is 0 Å². The second-order valence-corrected chi connectivity index (χ2v) is 6.71. The van der Waals surface area contributed by atoms with E-state index < -0.39 is 0 Å². The summed E-state index contributed by atoms with van der Waals surface area (Å²) < 4.78 is 12.7. The first-order valence-electron chi connectivity index (χ1n) is 8.86. The Bertz CT molecular complexity index is 952. The topological polar surface area (TPSA) is 87.2 Å². The van der Waals surface area contributed by atoms with E-state index in [9.17, 15) is 0 Å². The van der Waals surface area contributed by atoms with Gasteiger partial charge in [-0.05, 0) is 36.6 Å². The molecule has 1 aliphatic rings. The molecular formula is C20H23N5O2. The van der Waals surface area contributed by atoms with E-state index in [0.717, 1.165) is 12.0 Å². The molecule has 27 heavy (non-hydrogen) atoms. The molecule has 1 aromatic heterocycles. The Morgan fingerprint density at radius 1 is 1.04 bits per heavy atom. The number of methoxy groups -OCH3 is 2. The van der Waals surface area contributed by atoms with Crippen LogP contribution < -0.4 is 20.5 Å². The number of nitrogens with zero attached hydrogens (tertiary/aromatic N) is 3. The van der Waals surface area contributed by atoms with Crippen molar-refractivity contribution in [3.8, 4) is 11.5 Å². The molecule has 140 valence electrons. The van der Waals surface area contributed by atoms with Crippen molar-refractivity contribution in [2.45, 2.75) is 25.4 Å². The number of hydrogen-bond donors (Lipinski definition) is 2. The summed E-state index contributed by atoms with van der Waals surface area (Å²) in [6.45, 7) is 2.09. The van der Waals surface area contributed by atoms with Gasteiger partial charge >= 0.3 is 0 Å². The van der Waals surface area contributed by atoms with Crippen LogP contribution in [0.3, 0.4) is 0 Å². The van der Waals surface area contributed by atoms with Gasteiger partial charge in [-0.2, -0.15) is 4.98 Å². The summed E-state index contributed by atoms with van der Waals surface area (Å²) in [4.78, 5) is 4.36. The summed E-state index contributed by atoms with van der Waals surface area (Å²) in [6, 6.07) is 14.6. The van der Waals surface area contributed by atoms with Gasteiger partial charge in [0.2, 0.25) is 11.9 Å². The van der Waals surface area contributed by atoms with Crippen molar-refractivity contribution in [1.82, 2.24) is 14.8 Å². The number of rotatable bonds is 4. The number of aromatic nitrogens is 3. The van der Waals surface area contributed by atoms with E-state index in [1.165, 1.54) is 11.1 Å². The molecule has 0 saturated carbocycles. The third-order valence-corrected chi connectivity index (χ3v) is 4.98. The van der Waals surface area contributed by atoms with Crippen molar-refractivity contribution in [3.05, 3.63) is 59.2 Å². The minimum atomic E-state index is -0.0165. The molecule has 4 rings (SSSR count). The number of benzene rings is 2. The molecule has 0 saturated heterocycles. The highest BCUT2D eigenvalue weighted by atomic mass is 16.5. The first-order valence-corrected chi connectivity index (χ1v) is 8.86. The summed E-state index contributed by atoms with van der Waals surface area (Å²) in [6.07, 6.45) is 0.814. The van der Waals surface area contributed by atoms with Gasteiger partial charge in [0, 0.05) is 0 Å². The fourth-order valence-electron chi connectivity index (χ4n) is 3.55. The van der Waals surface area contributed by atoms with Gasteiger partial charge in [0.1, 0.15) is 0 Å². The van der Waals surface area contributed by atoms with Gasteiger partial charge in [-0.25, -0.2) is 4.68 Å². The summed E-state index contributed by atoms with van der Waals surface area (Å²) in [7, 11) is 3.27. The van der Waals surface area contributed by atoms with Crippen LogP contribution in [-0.4, -0.2) is 29.0 Å². The molecule has 3 N–H and O–H groups in total. The lowest BCUT2D eigenvalue weighted by atomic mass is 9.93. The summed E-state index contributed by atoms with van der Waals surface area (Å²) in [5.74, 6) is 2.32. The molecule has 0 fully saturated rings. The number of aryl methyl sites for hydroxylation is 1. The molecule has 2 aromatic carbocycles. The van der Waals surface area contributed by atoms with E-state index in [-0.39, 0.29) is 18.0 Å². The van der Waals surface area contributed by atoms with Crippen molar-refractivity contribution < 1.29 is 9.47 Å². The number of ether oxygens (including phenoxy) is 2. The van der Waals surface area contributed by atoms with Crippen LogP contribution in [0.25, 0.3) is 0 Å². The predicted octanol–water partition coefficient (Wildman–Crippen LogP) is 3.33. The van der Waals surface area contributed by atoms with E-state index in [4.69, 9.17) is 15.2 Å². The van der Waals surface area contributed by atoms with Crippen LogP contribution in [0, 0.1) is 6.92 Å². The third-order valence-electron chi connectivity index (χ3n) is 4.98. The molecule has 0 spiro atoms. The fourth-order valence-corrected chi connectivity index (χ4v) is 3.55. The lowest BCUT2D eigenvalue weighted by Crippen LogP contribution is -2.28. The average Bonchev–Trinajstić information content (AvgIpc) is 3.07. The Balaban J connectivity index is 1.75. The van der Waals surface area contributed by atoms with Gasteiger partial charge in [-0.1, -0.05) is 35.9 Å². The molecule has 0 aliphatic carbocycles. The fraction of sp³-hybridized carbons (Fsp3) is 0.300. The van der Waals surface area contributed by atoms with Crippen LogP contribution in [0.15, 0.2) is 42.5 Å². The van der Waals surface area contributed by atoms with Crippen LogP contribution in [0.5, 0.6) is 11.5 Å². The van der Waals surface area contributed by atoms with E-state index in [1.54, 1.807) is 14.2 Å². The maximum atomic E-state index is 5.88. The Kier molecular flexibility index (Phi) is 4.35. The number of nitrogens with two attached hydrogens (primary N) is 1. The normalized spacial score (nSPS) is 18.5. The Labute approximate surface area is 158 Å². The molecule has 0 unspecified atom stereocenters. The van der Waals surface area contributed by atoms with Crippen LogP contribution in [0.4, 0.5) is 11.9 Å². The Morgan fingerprint density at radius 2 is 1.74 bits per heavy atom. The second kappa shape index (κ2) is 6.83. The number of anilines is 2. The molecular weight excluding hydrogens is 342 g/mol. The second-order valence-electron chi connectivity index (χ2n) is 6.71. The monoisotopic (exact) mass is 365 g/mol. The highest BCUT2D eigenvalue weighted by Crippen LogP contribution is 2.40. The zero-order chi connectivity index (χ0) is 19.0. The van der Waals surface area contributed by atoms with Crippen LogP contribution in [-0.2, 0) is 0 Å². The highest BCUT2D eigenvalue weighted by Gasteiger charge is 2.31. The molecule has 1 aliphatic heterocycles. The van der Waals surface area contributed by atoms with Crippen molar-refractivity contribution in [2.75, 3.05) is 25.3 Å². The quantitative estimate of drug-likeness (QED) is 0.737. The number of nitrogens with one attached hydrogen (secondary N) is 1. The zero-order valence-corrected chi connectivity index (χ0v) is 15.6. The van der Waals surface area contributed by atoms with E-state index >= 15 is 0 Å². The minimum Gasteiger partial charge on any atom is -0.493 e. The molecule has 0 amide bonds. The maximum Gasteiger partial charge on any atom is 0.241 e. The van der Waals surface area contributed by atoms with Gasteiger partial charge in [-0.3, -0.25) is 0 Å². The first kappa shape index (κ1) is 17.2. The van der Waals surface area contributed by atoms with Gasteiger partial charge in [-0.15, -0.1) is 5.10 Å². The Hall–Kier alpha value is -3.22. The standard InChI is InChI=1S/C20H23N5O2/c1-12-4-6-13(7-5-12)15-11-16(25-20(22-15)23-19(21)24-25)14-8-9-17(26-2)18(10-14)27-3/h4-10,15-16H,11H2,1-3H3,(H3,21,22,23,24)/t15-,16+/m1/s1. The van der Waals surface area contributed by atoms with E-state index in [2.05, 4.69) is 46.6 Å². The minimum absolute atomic E-state index is 0.0165. The molecule has 3 aromatic rings. The third kappa shape index (κ3) is 3.16. The molecule has 2 heterocycles. The highest BCUT2D eigenvalue weighted by molar-refractivity contribution is 5.47. The molecule has 7 heteroatoms. The summed E-state index contributed by atoms with van der Waals surface area (Å²) in [5, 5.41) is 7.86. The maximum absolute atomic E-state index is 5.88. The predicted molar refractivity (Wildman–Crippen MR) is 104 cm³/mol. The molecule has 0 radical (unpaired) electrons. The van der Waals surface area contributed by atoms with Crippen LogP contribution >= 0.6 is 0 Å². The van der Waals surface area contributed by atoms with Crippen LogP contribution in [0.1, 0.15) is 35.2 Å². The summed E-state index contributed by atoms with van der Waals surface area (Å²) >= 11 is 0. The number of fused-ring (bicyclic) bond motifs is 1. The lowest BCUT2D eigenvalue weighted by Gasteiger charge is -2.32. The van der Waals surface area contributed by atoms with Crippen molar-refractivity contribution >= 4 is 11.9 Å². The van der Waals surface area contributed by atoms with E-state index in [0.29, 0.717) is 17.4 Å². The van der Waals surface area contributed by atoms with Gasteiger partial charge in [0.25, 0.3) is 0 Å². The zero-order valence-electron chi connectivity index (χ0n) is 15.6. The first-order chi connectivity index (χ1) is 13.1. The van der Waals surface area contributed by atoms with Crippen molar-refractivity contribution in [1.29, 1.82) is 0 Å². The Morgan fingerprint density at radius 3 is 2.44 bits per heavy atom. The van der Waals surface area contributed by atoms with Gasteiger partial charge in [0.05, 0.1) is 26.3 Å². The van der Waals surface area contributed by atoms with E-state index in [1.807, 2.05) is 22.9 Å². The number of nitrogen functional groups attached to an aromatic ring is 1. The van der Waals surface area contributed by atoms with Crippen molar-refractivity contribution in [3.63, 3.8) is 0 Å².